The third kappa shape index (κ3) is 2.20. The van der Waals surface area contributed by atoms with Gasteiger partial charge in [0.2, 0.25) is 0 Å². The van der Waals surface area contributed by atoms with Crippen molar-refractivity contribution in [2.75, 3.05) is 11.9 Å². The highest BCUT2D eigenvalue weighted by Gasteiger charge is 2.36. The fraction of sp³-hybridized carbons (Fsp3) is 0.636. The number of rotatable bonds is 5. The van der Waals surface area contributed by atoms with Gasteiger partial charge in [0.1, 0.15) is 12.4 Å². The van der Waals surface area contributed by atoms with Crippen LogP contribution in [0, 0.1) is 5.41 Å². The van der Waals surface area contributed by atoms with Gasteiger partial charge in [0.05, 0.1) is 12.9 Å². The monoisotopic (exact) mass is 258 g/mol. The summed E-state index contributed by atoms with van der Waals surface area (Å²) in [5.41, 5.74) is 0.409. The normalized spacial score (nSPS) is 19.2. The maximum absolute atomic E-state index is 5.65. The number of furan rings is 1. The van der Waals surface area contributed by atoms with Crippen molar-refractivity contribution in [1.29, 1.82) is 0 Å². The molecule has 2 rings (SSSR count). The van der Waals surface area contributed by atoms with E-state index in [-0.39, 0.29) is 0 Å². The molecule has 1 aromatic rings. The molecule has 0 aliphatic heterocycles. The summed E-state index contributed by atoms with van der Waals surface area (Å²) in [5.74, 6) is 0.911. The number of alkyl halides is 1. The van der Waals surface area contributed by atoms with Crippen LogP contribution in [0.25, 0.3) is 0 Å². The van der Waals surface area contributed by atoms with Gasteiger partial charge < -0.3 is 9.15 Å². The first-order valence-electron chi connectivity index (χ1n) is 5.01. The van der Waals surface area contributed by atoms with E-state index in [4.69, 9.17) is 9.15 Å². The Balaban J connectivity index is 1.72. The molecule has 1 aliphatic carbocycles. The van der Waals surface area contributed by atoms with Crippen LogP contribution in [-0.2, 0) is 11.3 Å². The minimum atomic E-state index is 0.409. The maximum Gasteiger partial charge on any atom is 0.129 e. The van der Waals surface area contributed by atoms with Crippen molar-refractivity contribution in [3.63, 3.8) is 0 Å². The van der Waals surface area contributed by atoms with E-state index in [1.54, 1.807) is 6.26 Å². The lowest BCUT2D eigenvalue weighted by Crippen LogP contribution is -2.35. The molecule has 2 nitrogen and oxygen atoms in total. The highest BCUT2D eigenvalue weighted by molar-refractivity contribution is 9.09. The standard InChI is InChI=1S/C11H15BrO2/c12-8-11(4-2-5-11)9-13-7-10-3-1-6-14-10/h1,3,6H,2,4-5,7-9H2. The van der Waals surface area contributed by atoms with Crippen LogP contribution in [0.3, 0.4) is 0 Å². The zero-order valence-corrected chi connectivity index (χ0v) is 9.76. The second-order valence-corrected chi connectivity index (χ2v) is 4.62. The summed E-state index contributed by atoms with van der Waals surface area (Å²) in [6.07, 6.45) is 5.60. The number of hydrogen-bond acceptors (Lipinski definition) is 2. The molecule has 0 N–H and O–H groups in total. The Morgan fingerprint density at radius 2 is 2.36 bits per heavy atom. The summed E-state index contributed by atoms with van der Waals surface area (Å²) in [6.45, 7) is 1.45. The van der Waals surface area contributed by atoms with Crippen molar-refractivity contribution in [3.05, 3.63) is 24.2 Å². The van der Waals surface area contributed by atoms with Gasteiger partial charge in [-0.3, -0.25) is 0 Å². The lowest BCUT2D eigenvalue weighted by atomic mass is 9.71. The fourth-order valence-corrected chi connectivity index (χ4v) is 2.48. The summed E-state index contributed by atoms with van der Waals surface area (Å²) in [4.78, 5) is 0. The SMILES string of the molecule is BrCC1(COCc2ccco2)CCC1. The Morgan fingerprint density at radius 3 is 2.86 bits per heavy atom. The topological polar surface area (TPSA) is 22.4 Å². The molecule has 0 bridgehead atoms. The highest BCUT2D eigenvalue weighted by Crippen LogP contribution is 2.42. The van der Waals surface area contributed by atoms with Gasteiger partial charge in [0.25, 0.3) is 0 Å². The first-order chi connectivity index (χ1) is 6.85. The Kier molecular flexibility index (Phi) is 3.29. The van der Waals surface area contributed by atoms with Gasteiger partial charge in [-0.25, -0.2) is 0 Å². The van der Waals surface area contributed by atoms with E-state index in [0.717, 1.165) is 17.7 Å². The fourth-order valence-electron chi connectivity index (χ4n) is 1.76. The molecule has 1 aromatic heterocycles. The number of hydrogen-bond donors (Lipinski definition) is 0. The van der Waals surface area contributed by atoms with E-state index in [2.05, 4.69) is 15.9 Å². The average Bonchev–Trinajstić information content (AvgIpc) is 2.62. The van der Waals surface area contributed by atoms with Gasteiger partial charge in [-0.05, 0) is 25.0 Å². The zero-order chi connectivity index (χ0) is 9.86. The molecule has 1 fully saturated rings. The molecule has 0 spiro atoms. The molecular formula is C11H15BrO2. The smallest absolute Gasteiger partial charge is 0.129 e. The molecule has 78 valence electrons. The Labute approximate surface area is 92.8 Å². The van der Waals surface area contributed by atoms with Crippen molar-refractivity contribution in [2.45, 2.75) is 25.9 Å². The zero-order valence-electron chi connectivity index (χ0n) is 8.17. The largest absolute Gasteiger partial charge is 0.467 e. The predicted octanol–water partition coefficient (Wildman–Crippen LogP) is 3.36. The molecule has 0 unspecified atom stereocenters. The molecule has 14 heavy (non-hydrogen) atoms. The Bertz CT molecular complexity index is 259. The second-order valence-electron chi connectivity index (χ2n) is 4.06. The van der Waals surface area contributed by atoms with Gasteiger partial charge in [-0.1, -0.05) is 22.4 Å². The molecule has 3 heteroatoms. The summed E-state index contributed by atoms with van der Waals surface area (Å²) < 4.78 is 10.8. The highest BCUT2D eigenvalue weighted by atomic mass is 79.9. The van der Waals surface area contributed by atoms with E-state index in [9.17, 15) is 0 Å². The lowest BCUT2D eigenvalue weighted by Gasteiger charge is -2.40. The summed E-state index contributed by atoms with van der Waals surface area (Å²) in [6, 6.07) is 3.84. The van der Waals surface area contributed by atoms with Crippen molar-refractivity contribution in [3.8, 4) is 0 Å². The third-order valence-corrected chi connectivity index (χ3v) is 4.12. The molecule has 0 saturated heterocycles. The van der Waals surface area contributed by atoms with E-state index in [1.807, 2.05) is 12.1 Å². The van der Waals surface area contributed by atoms with Crippen LogP contribution in [0.4, 0.5) is 0 Å². The average molecular weight is 259 g/mol. The van der Waals surface area contributed by atoms with Gasteiger partial charge in [-0.15, -0.1) is 0 Å². The maximum atomic E-state index is 5.65. The number of halogens is 1. The molecular weight excluding hydrogens is 244 g/mol. The van der Waals surface area contributed by atoms with Gasteiger partial charge in [0.15, 0.2) is 0 Å². The molecule has 1 heterocycles. The number of ether oxygens (including phenoxy) is 1. The quantitative estimate of drug-likeness (QED) is 0.756. The molecule has 0 aromatic carbocycles. The van der Waals surface area contributed by atoms with Gasteiger partial charge in [-0.2, -0.15) is 0 Å². The summed E-state index contributed by atoms with van der Waals surface area (Å²) in [5, 5.41) is 1.05. The minimum Gasteiger partial charge on any atom is -0.467 e. The lowest BCUT2D eigenvalue weighted by molar-refractivity contribution is -0.00285. The summed E-state index contributed by atoms with van der Waals surface area (Å²) >= 11 is 3.56. The van der Waals surface area contributed by atoms with E-state index in [1.165, 1.54) is 19.3 Å². The van der Waals surface area contributed by atoms with E-state index >= 15 is 0 Å². The minimum absolute atomic E-state index is 0.409. The van der Waals surface area contributed by atoms with Crippen molar-refractivity contribution in [1.82, 2.24) is 0 Å². The van der Waals surface area contributed by atoms with Crippen molar-refractivity contribution in [2.24, 2.45) is 5.41 Å². The van der Waals surface area contributed by atoms with Crippen LogP contribution < -0.4 is 0 Å². The van der Waals surface area contributed by atoms with Crippen LogP contribution in [0.15, 0.2) is 22.8 Å². The van der Waals surface area contributed by atoms with Gasteiger partial charge >= 0.3 is 0 Å². The third-order valence-electron chi connectivity index (χ3n) is 2.93. The predicted molar refractivity (Wildman–Crippen MR) is 58.4 cm³/mol. The van der Waals surface area contributed by atoms with Crippen LogP contribution in [-0.4, -0.2) is 11.9 Å². The molecule has 1 saturated carbocycles. The summed E-state index contributed by atoms with van der Waals surface area (Å²) in [7, 11) is 0. The Morgan fingerprint density at radius 1 is 1.50 bits per heavy atom. The van der Waals surface area contributed by atoms with E-state index in [0.29, 0.717) is 12.0 Å². The van der Waals surface area contributed by atoms with Crippen LogP contribution in [0.1, 0.15) is 25.0 Å². The first-order valence-corrected chi connectivity index (χ1v) is 6.13. The molecule has 0 radical (unpaired) electrons. The molecule has 1 aliphatic rings. The molecule has 0 atom stereocenters. The first kappa shape index (κ1) is 10.2. The van der Waals surface area contributed by atoms with E-state index < -0.39 is 0 Å². The van der Waals surface area contributed by atoms with Gasteiger partial charge in [0, 0.05) is 10.7 Å². The molecule has 0 amide bonds. The van der Waals surface area contributed by atoms with Crippen LogP contribution >= 0.6 is 15.9 Å². The second kappa shape index (κ2) is 4.49. The van der Waals surface area contributed by atoms with Crippen molar-refractivity contribution >= 4 is 15.9 Å². The van der Waals surface area contributed by atoms with Crippen molar-refractivity contribution < 1.29 is 9.15 Å². The Hall–Kier alpha value is -0.280. The van der Waals surface area contributed by atoms with Crippen LogP contribution in [0.2, 0.25) is 0 Å². The van der Waals surface area contributed by atoms with Crippen LogP contribution in [0.5, 0.6) is 0 Å².